The van der Waals surface area contributed by atoms with E-state index in [0.717, 1.165) is 30.4 Å². The highest BCUT2D eigenvalue weighted by molar-refractivity contribution is 5.95. The van der Waals surface area contributed by atoms with Crippen molar-refractivity contribution in [3.63, 3.8) is 0 Å². The van der Waals surface area contributed by atoms with Gasteiger partial charge in [-0.2, -0.15) is 5.10 Å². The Morgan fingerprint density at radius 2 is 1.96 bits per heavy atom. The van der Waals surface area contributed by atoms with Crippen molar-refractivity contribution in [2.75, 3.05) is 14.2 Å². The zero-order valence-corrected chi connectivity index (χ0v) is 14.5. The molecule has 2 aromatic rings. The molecule has 1 aliphatic rings. The van der Waals surface area contributed by atoms with Crippen molar-refractivity contribution in [2.24, 2.45) is 7.05 Å². The third kappa shape index (κ3) is 2.84. The number of benzene rings is 1. The number of methoxy groups -OCH3 is 2. The highest BCUT2D eigenvalue weighted by Gasteiger charge is 2.25. The minimum Gasteiger partial charge on any atom is -0.496 e. The molecule has 1 amide bonds. The van der Waals surface area contributed by atoms with Gasteiger partial charge in [0.2, 0.25) is 0 Å². The molecule has 1 N–H and O–H groups in total. The fourth-order valence-corrected chi connectivity index (χ4v) is 3.31. The van der Waals surface area contributed by atoms with Crippen molar-refractivity contribution in [1.29, 1.82) is 0 Å². The molecule has 1 atom stereocenters. The Kier molecular flexibility index (Phi) is 4.46. The summed E-state index contributed by atoms with van der Waals surface area (Å²) in [6.45, 7) is 1.91. The Bertz CT molecular complexity index is 742. The molecule has 0 spiro atoms. The number of carbonyl (C=O) groups is 1. The lowest BCUT2D eigenvalue weighted by Gasteiger charge is -2.24. The van der Waals surface area contributed by atoms with E-state index in [0.29, 0.717) is 17.1 Å². The first-order valence-corrected chi connectivity index (χ1v) is 8.09. The second-order valence-corrected chi connectivity index (χ2v) is 6.09. The highest BCUT2D eigenvalue weighted by atomic mass is 16.5. The van der Waals surface area contributed by atoms with Gasteiger partial charge in [0.25, 0.3) is 5.91 Å². The molecule has 24 heavy (non-hydrogen) atoms. The van der Waals surface area contributed by atoms with Crippen LogP contribution in [0.25, 0.3) is 0 Å². The maximum atomic E-state index is 12.7. The molecule has 1 heterocycles. The smallest absolute Gasteiger partial charge is 0.252 e. The van der Waals surface area contributed by atoms with Gasteiger partial charge in [-0.25, -0.2) is 0 Å². The number of fused-ring (bicyclic) bond motifs is 1. The molecule has 128 valence electrons. The Morgan fingerprint density at radius 3 is 2.58 bits per heavy atom. The molecule has 0 radical (unpaired) electrons. The van der Waals surface area contributed by atoms with E-state index in [9.17, 15) is 4.79 Å². The largest absolute Gasteiger partial charge is 0.496 e. The first-order valence-electron chi connectivity index (χ1n) is 8.09. The number of hydrogen-bond acceptors (Lipinski definition) is 4. The fraction of sp³-hybridized carbons (Fsp3) is 0.444. The number of ether oxygens (including phenoxy) is 2. The predicted octanol–water partition coefficient (Wildman–Crippen LogP) is 2.55. The van der Waals surface area contributed by atoms with Gasteiger partial charge in [0, 0.05) is 29.4 Å². The van der Waals surface area contributed by atoms with Crippen LogP contribution in [0.4, 0.5) is 0 Å². The summed E-state index contributed by atoms with van der Waals surface area (Å²) in [7, 11) is 5.12. The maximum Gasteiger partial charge on any atom is 0.252 e. The maximum absolute atomic E-state index is 12.7. The second-order valence-electron chi connectivity index (χ2n) is 6.09. The summed E-state index contributed by atoms with van der Waals surface area (Å²) < 4.78 is 12.6. The van der Waals surface area contributed by atoms with Crippen molar-refractivity contribution in [3.05, 3.63) is 40.7 Å². The van der Waals surface area contributed by atoms with Crippen LogP contribution in [0.15, 0.2) is 18.3 Å². The predicted molar refractivity (Wildman–Crippen MR) is 90.6 cm³/mol. The van der Waals surface area contributed by atoms with E-state index in [1.165, 1.54) is 5.69 Å². The van der Waals surface area contributed by atoms with E-state index < -0.39 is 0 Å². The van der Waals surface area contributed by atoms with Gasteiger partial charge in [0.1, 0.15) is 11.5 Å². The van der Waals surface area contributed by atoms with Gasteiger partial charge in [0.05, 0.1) is 26.5 Å². The van der Waals surface area contributed by atoms with Gasteiger partial charge in [-0.15, -0.1) is 0 Å². The van der Waals surface area contributed by atoms with Gasteiger partial charge in [-0.3, -0.25) is 9.48 Å². The summed E-state index contributed by atoms with van der Waals surface area (Å²) in [4.78, 5) is 12.7. The molecule has 1 aromatic carbocycles. The standard InChI is InChI=1S/C18H23N3O3/c1-11-16(23-3)8-12(9-17(11)24-4)18(22)20-14-6-5-7-15-13(14)10-19-21(15)2/h8-10,14H,5-7H2,1-4H3,(H,20,22). The van der Waals surface area contributed by atoms with Crippen molar-refractivity contribution in [3.8, 4) is 11.5 Å². The topological polar surface area (TPSA) is 65.4 Å². The molecule has 6 heteroatoms. The van der Waals surface area contributed by atoms with E-state index in [4.69, 9.17) is 9.47 Å². The minimum atomic E-state index is -0.131. The van der Waals surface area contributed by atoms with E-state index in [-0.39, 0.29) is 11.9 Å². The molecular formula is C18H23N3O3. The molecular weight excluding hydrogens is 306 g/mol. The summed E-state index contributed by atoms with van der Waals surface area (Å²) in [5.74, 6) is 1.16. The number of amides is 1. The number of carbonyl (C=O) groups excluding carboxylic acids is 1. The van der Waals surface area contributed by atoms with Crippen LogP contribution in [0.3, 0.4) is 0 Å². The average molecular weight is 329 g/mol. The molecule has 0 bridgehead atoms. The summed E-state index contributed by atoms with van der Waals surface area (Å²) in [6.07, 6.45) is 4.82. The lowest BCUT2D eigenvalue weighted by molar-refractivity contribution is 0.0932. The molecule has 1 aromatic heterocycles. The third-order valence-electron chi connectivity index (χ3n) is 4.70. The monoisotopic (exact) mass is 329 g/mol. The van der Waals surface area contributed by atoms with Gasteiger partial charge >= 0.3 is 0 Å². The molecule has 0 saturated heterocycles. The summed E-state index contributed by atoms with van der Waals surface area (Å²) in [5.41, 5.74) is 3.72. The van der Waals surface area contributed by atoms with Gasteiger partial charge in [0.15, 0.2) is 0 Å². The molecule has 1 unspecified atom stereocenters. The number of rotatable bonds is 4. The quantitative estimate of drug-likeness (QED) is 0.936. The number of nitrogens with one attached hydrogen (secondary N) is 1. The van der Waals surface area contributed by atoms with Crippen LogP contribution >= 0.6 is 0 Å². The molecule has 1 aliphatic carbocycles. The van der Waals surface area contributed by atoms with E-state index in [1.807, 2.05) is 24.9 Å². The zero-order valence-electron chi connectivity index (χ0n) is 14.5. The van der Waals surface area contributed by atoms with Crippen LogP contribution in [-0.2, 0) is 13.5 Å². The highest BCUT2D eigenvalue weighted by Crippen LogP contribution is 2.32. The van der Waals surface area contributed by atoms with Crippen molar-refractivity contribution in [1.82, 2.24) is 15.1 Å². The summed E-state index contributed by atoms with van der Waals surface area (Å²) in [5, 5.41) is 7.44. The molecule has 0 aliphatic heterocycles. The van der Waals surface area contributed by atoms with Crippen LogP contribution < -0.4 is 14.8 Å². The van der Waals surface area contributed by atoms with E-state index >= 15 is 0 Å². The Hall–Kier alpha value is -2.50. The SMILES string of the molecule is COc1cc(C(=O)NC2CCCc3c2cnn3C)cc(OC)c1C. The van der Waals surface area contributed by atoms with Crippen molar-refractivity contribution in [2.45, 2.75) is 32.2 Å². The molecule has 6 nitrogen and oxygen atoms in total. The van der Waals surface area contributed by atoms with Crippen LogP contribution in [0, 0.1) is 6.92 Å². The lowest BCUT2D eigenvalue weighted by atomic mass is 9.92. The van der Waals surface area contributed by atoms with Crippen LogP contribution in [-0.4, -0.2) is 29.9 Å². The number of aromatic nitrogens is 2. The fourth-order valence-electron chi connectivity index (χ4n) is 3.31. The second kappa shape index (κ2) is 6.55. The summed E-state index contributed by atoms with van der Waals surface area (Å²) in [6, 6.07) is 3.49. The Morgan fingerprint density at radius 1 is 1.29 bits per heavy atom. The van der Waals surface area contributed by atoms with Gasteiger partial charge in [-0.1, -0.05) is 0 Å². The zero-order chi connectivity index (χ0) is 17.3. The van der Waals surface area contributed by atoms with E-state index in [1.54, 1.807) is 26.4 Å². The third-order valence-corrected chi connectivity index (χ3v) is 4.70. The average Bonchev–Trinajstić information content (AvgIpc) is 2.97. The van der Waals surface area contributed by atoms with Gasteiger partial charge in [-0.05, 0) is 38.3 Å². The molecule has 0 saturated carbocycles. The van der Waals surface area contributed by atoms with Crippen LogP contribution in [0.1, 0.15) is 46.1 Å². The lowest BCUT2D eigenvalue weighted by Crippen LogP contribution is -2.31. The van der Waals surface area contributed by atoms with Crippen molar-refractivity contribution >= 4 is 5.91 Å². The van der Waals surface area contributed by atoms with Gasteiger partial charge < -0.3 is 14.8 Å². The normalized spacial score (nSPS) is 16.4. The van der Waals surface area contributed by atoms with Crippen LogP contribution in [0.5, 0.6) is 11.5 Å². The number of hydrogen-bond donors (Lipinski definition) is 1. The Balaban J connectivity index is 1.86. The van der Waals surface area contributed by atoms with Crippen molar-refractivity contribution < 1.29 is 14.3 Å². The van der Waals surface area contributed by atoms with Crippen LogP contribution in [0.2, 0.25) is 0 Å². The van der Waals surface area contributed by atoms with E-state index in [2.05, 4.69) is 10.4 Å². The number of aryl methyl sites for hydroxylation is 1. The summed E-state index contributed by atoms with van der Waals surface area (Å²) >= 11 is 0. The number of nitrogens with zero attached hydrogens (tertiary/aromatic N) is 2. The molecule has 3 rings (SSSR count). The first kappa shape index (κ1) is 16.4. The Labute approximate surface area is 141 Å². The minimum absolute atomic E-state index is 0.00626. The molecule has 0 fully saturated rings. The first-order chi connectivity index (χ1) is 11.5.